The number of nitrogens with one attached hydrogen (secondary N) is 3. The van der Waals surface area contributed by atoms with Gasteiger partial charge >= 0.3 is 6.03 Å². The Morgan fingerprint density at radius 3 is 2.28 bits per heavy atom. The lowest BCUT2D eigenvalue weighted by Crippen LogP contribution is -2.46. The molecule has 0 saturated heterocycles. The number of nitrogens with zero attached hydrogens (tertiary/aromatic N) is 1. The molecule has 0 aromatic carbocycles. The normalized spacial score (nSPS) is 23.8. The third-order valence-electron chi connectivity index (χ3n) is 3.60. The van der Waals surface area contributed by atoms with Crippen LogP contribution in [0.15, 0.2) is 0 Å². The van der Waals surface area contributed by atoms with Gasteiger partial charge in [-0.3, -0.25) is 15.0 Å². The van der Waals surface area contributed by atoms with E-state index < -0.39 is 6.03 Å². The van der Waals surface area contributed by atoms with E-state index in [9.17, 15) is 9.59 Å². The monoisotopic (exact) mass is 256 g/mol. The van der Waals surface area contributed by atoms with Crippen molar-refractivity contribution in [2.24, 2.45) is 0 Å². The van der Waals surface area contributed by atoms with E-state index in [-0.39, 0.29) is 12.5 Å². The maximum Gasteiger partial charge on any atom is 0.321 e. The zero-order valence-electron chi connectivity index (χ0n) is 11.5. The molecule has 3 N–H and O–H groups in total. The summed E-state index contributed by atoms with van der Waals surface area (Å²) >= 11 is 0. The van der Waals surface area contributed by atoms with Crippen LogP contribution in [0.4, 0.5) is 4.79 Å². The minimum Gasteiger partial charge on any atom is -0.341 e. The van der Waals surface area contributed by atoms with Crippen molar-refractivity contribution >= 4 is 11.9 Å². The number of urea groups is 1. The van der Waals surface area contributed by atoms with E-state index in [1.54, 1.807) is 0 Å². The standard InChI is InChI=1S/C12H24N4O2/c1-13-9-4-6-10(7-5-9)16(3)8-11(17)15-12(18)14-2/h9-10,13H,4-8H2,1-3H3,(H2,14,15,17,18). The molecule has 6 nitrogen and oxygen atoms in total. The van der Waals surface area contributed by atoms with Gasteiger partial charge in [-0.2, -0.15) is 0 Å². The van der Waals surface area contributed by atoms with E-state index in [1.807, 2.05) is 19.0 Å². The smallest absolute Gasteiger partial charge is 0.321 e. The van der Waals surface area contributed by atoms with Gasteiger partial charge in [-0.05, 0) is 39.8 Å². The summed E-state index contributed by atoms with van der Waals surface area (Å²) in [4.78, 5) is 24.6. The van der Waals surface area contributed by atoms with E-state index in [1.165, 1.54) is 7.05 Å². The van der Waals surface area contributed by atoms with Gasteiger partial charge in [-0.25, -0.2) is 4.79 Å². The van der Waals surface area contributed by atoms with Crippen LogP contribution in [0.2, 0.25) is 0 Å². The van der Waals surface area contributed by atoms with Crippen molar-refractivity contribution in [2.45, 2.75) is 37.8 Å². The van der Waals surface area contributed by atoms with Gasteiger partial charge in [0.2, 0.25) is 5.91 Å². The highest BCUT2D eigenvalue weighted by Gasteiger charge is 2.24. The summed E-state index contributed by atoms with van der Waals surface area (Å²) in [5, 5.41) is 7.93. The average molecular weight is 256 g/mol. The van der Waals surface area contributed by atoms with E-state index >= 15 is 0 Å². The molecule has 1 fully saturated rings. The second kappa shape index (κ2) is 7.33. The SMILES string of the molecule is CNC(=O)NC(=O)CN(C)C1CCC(NC)CC1. The van der Waals surface area contributed by atoms with Crippen LogP contribution in [-0.4, -0.2) is 56.6 Å². The van der Waals surface area contributed by atoms with E-state index in [0.29, 0.717) is 12.1 Å². The van der Waals surface area contributed by atoms with Gasteiger partial charge in [0.05, 0.1) is 6.54 Å². The Morgan fingerprint density at radius 1 is 1.17 bits per heavy atom. The minimum atomic E-state index is -0.452. The molecule has 0 unspecified atom stereocenters. The second-order valence-corrected chi connectivity index (χ2v) is 4.84. The molecule has 104 valence electrons. The van der Waals surface area contributed by atoms with E-state index in [4.69, 9.17) is 0 Å². The fourth-order valence-corrected chi connectivity index (χ4v) is 2.39. The van der Waals surface area contributed by atoms with Gasteiger partial charge in [0.1, 0.15) is 0 Å². The lowest BCUT2D eigenvalue weighted by atomic mass is 9.90. The van der Waals surface area contributed by atoms with Crippen molar-refractivity contribution in [3.05, 3.63) is 0 Å². The van der Waals surface area contributed by atoms with Crippen molar-refractivity contribution in [1.29, 1.82) is 0 Å². The predicted octanol–water partition coefficient (Wildman–Crippen LogP) is -0.0956. The number of carbonyl (C=O) groups is 2. The summed E-state index contributed by atoms with van der Waals surface area (Å²) in [5.74, 6) is -0.257. The van der Waals surface area contributed by atoms with Gasteiger partial charge in [-0.15, -0.1) is 0 Å². The Labute approximate surface area is 108 Å². The molecule has 1 rings (SSSR count). The summed E-state index contributed by atoms with van der Waals surface area (Å²) in [6, 6.07) is 0.590. The van der Waals surface area contributed by atoms with Crippen LogP contribution in [0.5, 0.6) is 0 Å². The Morgan fingerprint density at radius 2 is 1.78 bits per heavy atom. The molecule has 0 radical (unpaired) electrons. The lowest BCUT2D eigenvalue weighted by Gasteiger charge is -2.34. The molecular weight excluding hydrogens is 232 g/mol. The zero-order chi connectivity index (χ0) is 13.5. The largest absolute Gasteiger partial charge is 0.341 e. The zero-order valence-corrected chi connectivity index (χ0v) is 11.5. The first kappa shape index (κ1) is 14.9. The highest BCUT2D eigenvalue weighted by molar-refractivity contribution is 5.95. The molecule has 0 aliphatic heterocycles. The third kappa shape index (κ3) is 4.62. The van der Waals surface area contributed by atoms with Gasteiger partial charge < -0.3 is 10.6 Å². The maximum atomic E-state index is 11.6. The molecule has 0 atom stereocenters. The quantitative estimate of drug-likeness (QED) is 0.657. The first-order valence-corrected chi connectivity index (χ1v) is 6.46. The van der Waals surface area contributed by atoms with Gasteiger partial charge in [-0.1, -0.05) is 0 Å². The highest BCUT2D eigenvalue weighted by atomic mass is 16.2. The van der Waals surface area contributed by atoms with Crippen molar-refractivity contribution in [3.63, 3.8) is 0 Å². The third-order valence-corrected chi connectivity index (χ3v) is 3.60. The molecule has 0 heterocycles. The molecule has 18 heavy (non-hydrogen) atoms. The number of amides is 3. The van der Waals surface area contributed by atoms with E-state index in [0.717, 1.165) is 25.7 Å². The molecule has 1 aliphatic rings. The second-order valence-electron chi connectivity index (χ2n) is 4.84. The number of carbonyl (C=O) groups excluding carboxylic acids is 2. The summed E-state index contributed by atoms with van der Waals surface area (Å²) in [7, 11) is 5.42. The molecule has 0 bridgehead atoms. The minimum absolute atomic E-state index is 0.257. The molecule has 0 aromatic heterocycles. The molecule has 1 saturated carbocycles. The van der Waals surface area contributed by atoms with Crippen LogP contribution >= 0.6 is 0 Å². The lowest BCUT2D eigenvalue weighted by molar-refractivity contribution is -0.121. The van der Waals surface area contributed by atoms with Crippen LogP contribution in [-0.2, 0) is 4.79 Å². The van der Waals surface area contributed by atoms with Crippen molar-refractivity contribution in [3.8, 4) is 0 Å². The summed E-state index contributed by atoms with van der Waals surface area (Å²) in [5.41, 5.74) is 0. The fourth-order valence-electron chi connectivity index (χ4n) is 2.39. The highest BCUT2D eigenvalue weighted by Crippen LogP contribution is 2.21. The predicted molar refractivity (Wildman–Crippen MR) is 70.3 cm³/mol. The molecule has 6 heteroatoms. The molecule has 0 spiro atoms. The summed E-state index contributed by atoms with van der Waals surface area (Å²) in [6.07, 6.45) is 4.47. The topological polar surface area (TPSA) is 73.5 Å². The van der Waals surface area contributed by atoms with Crippen LogP contribution in [0.1, 0.15) is 25.7 Å². The number of imide groups is 1. The van der Waals surface area contributed by atoms with Crippen LogP contribution in [0.3, 0.4) is 0 Å². The van der Waals surface area contributed by atoms with Crippen LogP contribution in [0.25, 0.3) is 0 Å². The van der Waals surface area contributed by atoms with Crippen molar-refractivity contribution in [1.82, 2.24) is 20.9 Å². The van der Waals surface area contributed by atoms with Crippen LogP contribution < -0.4 is 16.0 Å². The van der Waals surface area contributed by atoms with Gasteiger partial charge in [0, 0.05) is 19.1 Å². The molecular formula is C12H24N4O2. The Kier molecular flexibility index (Phi) is 6.07. The Bertz CT molecular complexity index is 288. The molecule has 3 amide bonds. The number of hydrogen-bond donors (Lipinski definition) is 3. The summed E-state index contributed by atoms with van der Waals surface area (Å²) < 4.78 is 0. The first-order valence-electron chi connectivity index (χ1n) is 6.46. The fraction of sp³-hybridized carbons (Fsp3) is 0.833. The number of likely N-dealkylation sites (N-methyl/N-ethyl adjacent to an activating group) is 1. The Balaban J connectivity index is 2.30. The molecule has 1 aliphatic carbocycles. The molecule has 0 aromatic rings. The maximum absolute atomic E-state index is 11.6. The summed E-state index contributed by atoms with van der Waals surface area (Å²) in [6.45, 7) is 0.266. The van der Waals surface area contributed by atoms with E-state index in [2.05, 4.69) is 16.0 Å². The van der Waals surface area contributed by atoms with Crippen molar-refractivity contribution in [2.75, 3.05) is 27.7 Å². The Hall–Kier alpha value is -1.14. The van der Waals surface area contributed by atoms with Crippen molar-refractivity contribution < 1.29 is 9.59 Å². The van der Waals surface area contributed by atoms with Gasteiger partial charge in [0.15, 0.2) is 0 Å². The van der Waals surface area contributed by atoms with Gasteiger partial charge in [0.25, 0.3) is 0 Å². The average Bonchev–Trinajstić information content (AvgIpc) is 2.38. The number of hydrogen-bond acceptors (Lipinski definition) is 4. The van der Waals surface area contributed by atoms with Crippen LogP contribution in [0, 0.1) is 0 Å². The first-order chi connectivity index (χ1) is 8.56. The number of rotatable bonds is 4.